The summed E-state index contributed by atoms with van der Waals surface area (Å²) >= 11 is 1.71. The summed E-state index contributed by atoms with van der Waals surface area (Å²) in [5, 5.41) is 3.77. The normalized spacial score (nSPS) is 17.4. The maximum absolute atomic E-state index is 12.3. The molecule has 3 heterocycles. The molecule has 0 saturated heterocycles. The van der Waals surface area contributed by atoms with Crippen LogP contribution in [0.25, 0.3) is 10.2 Å². The molecule has 0 radical (unpaired) electrons. The van der Waals surface area contributed by atoms with E-state index in [2.05, 4.69) is 22.2 Å². The van der Waals surface area contributed by atoms with Crippen molar-refractivity contribution >= 4 is 33.1 Å². The first-order valence-electron chi connectivity index (χ1n) is 9.25. The predicted molar refractivity (Wildman–Crippen MR) is 105 cm³/mol. The number of carbonyl (C=O) groups excluding carboxylic acids is 1. The second-order valence-electron chi connectivity index (χ2n) is 7.12. The summed E-state index contributed by atoms with van der Waals surface area (Å²) in [6.45, 7) is 2.35. The van der Waals surface area contributed by atoms with Gasteiger partial charge >= 0.3 is 0 Å². The summed E-state index contributed by atoms with van der Waals surface area (Å²) in [5.41, 5.74) is 1.91. The molecule has 0 fully saturated rings. The van der Waals surface area contributed by atoms with Gasteiger partial charge in [0.1, 0.15) is 11.2 Å². The Kier molecular flexibility index (Phi) is 4.27. The second kappa shape index (κ2) is 6.94. The van der Waals surface area contributed by atoms with E-state index in [1.807, 2.05) is 0 Å². The van der Waals surface area contributed by atoms with Crippen molar-refractivity contribution in [2.45, 2.75) is 26.2 Å². The Morgan fingerprint density at radius 2 is 2.21 bits per heavy atom. The minimum atomic E-state index is -0.261. The van der Waals surface area contributed by atoms with E-state index in [1.165, 1.54) is 16.8 Å². The van der Waals surface area contributed by atoms with Gasteiger partial charge in [0, 0.05) is 16.6 Å². The van der Waals surface area contributed by atoms with Gasteiger partial charge in [0.2, 0.25) is 12.7 Å². The van der Waals surface area contributed by atoms with Crippen LogP contribution in [0.1, 0.15) is 23.8 Å². The molecule has 3 aromatic rings. The molecule has 2 aromatic heterocycles. The average molecular weight is 397 g/mol. The zero-order valence-electron chi connectivity index (χ0n) is 15.4. The number of aryl methyl sites for hydroxylation is 1. The van der Waals surface area contributed by atoms with Gasteiger partial charge in [-0.3, -0.25) is 4.79 Å². The van der Waals surface area contributed by atoms with Crippen LogP contribution in [0.4, 0.5) is 5.69 Å². The largest absolute Gasteiger partial charge is 0.467 e. The highest BCUT2D eigenvalue weighted by atomic mass is 32.1. The van der Waals surface area contributed by atoms with Crippen LogP contribution >= 0.6 is 11.3 Å². The molecule has 0 spiro atoms. The highest BCUT2D eigenvalue weighted by Gasteiger charge is 2.24. The summed E-state index contributed by atoms with van der Waals surface area (Å²) in [6.07, 6.45) is 4.72. The van der Waals surface area contributed by atoms with Crippen molar-refractivity contribution in [3.05, 3.63) is 35.0 Å². The first kappa shape index (κ1) is 17.2. The quantitative estimate of drug-likeness (QED) is 0.725. The number of nitrogens with one attached hydrogen (secondary N) is 1. The molecule has 1 atom stereocenters. The minimum Gasteiger partial charge on any atom is -0.467 e. The molecule has 5 rings (SSSR count). The average Bonchev–Trinajstić information content (AvgIpc) is 3.29. The van der Waals surface area contributed by atoms with Crippen LogP contribution in [0.15, 0.2) is 24.5 Å². The lowest BCUT2D eigenvalue weighted by Gasteiger charge is -2.18. The lowest BCUT2D eigenvalue weighted by Crippen LogP contribution is -2.20. The lowest BCUT2D eigenvalue weighted by molar-refractivity contribution is -0.118. The van der Waals surface area contributed by atoms with Crippen LogP contribution in [0.3, 0.4) is 0 Å². The Hall–Kier alpha value is -2.87. The van der Waals surface area contributed by atoms with Crippen molar-refractivity contribution in [2.24, 2.45) is 5.92 Å². The van der Waals surface area contributed by atoms with Crippen molar-refractivity contribution in [1.29, 1.82) is 0 Å². The second-order valence-corrected chi connectivity index (χ2v) is 8.20. The number of rotatable bonds is 4. The third kappa shape index (κ3) is 3.13. The SMILES string of the molecule is CC1CCc2c(sc3ncnc(OCC(=O)Nc4ccc5c(c4)OCO5)c23)C1. The fourth-order valence-electron chi connectivity index (χ4n) is 3.66. The van der Waals surface area contributed by atoms with Gasteiger partial charge in [-0.05, 0) is 42.9 Å². The van der Waals surface area contributed by atoms with Gasteiger partial charge < -0.3 is 19.5 Å². The van der Waals surface area contributed by atoms with E-state index in [9.17, 15) is 4.79 Å². The van der Waals surface area contributed by atoms with E-state index in [-0.39, 0.29) is 19.3 Å². The number of nitrogens with zero attached hydrogens (tertiary/aromatic N) is 2. The summed E-state index contributed by atoms with van der Waals surface area (Å²) in [4.78, 5) is 23.3. The molecule has 1 aliphatic carbocycles. The summed E-state index contributed by atoms with van der Waals surface area (Å²) in [5.74, 6) is 2.20. The number of hydrogen-bond donors (Lipinski definition) is 1. The fourth-order valence-corrected chi connectivity index (χ4v) is 5.00. The summed E-state index contributed by atoms with van der Waals surface area (Å²) in [6, 6.07) is 5.27. The Labute approximate surface area is 165 Å². The predicted octanol–water partition coefficient (Wildman–Crippen LogP) is 3.56. The third-order valence-electron chi connectivity index (χ3n) is 5.05. The maximum Gasteiger partial charge on any atom is 0.262 e. The molecule has 28 heavy (non-hydrogen) atoms. The van der Waals surface area contributed by atoms with E-state index >= 15 is 0 Å². The van der Waals surface area contributed by atoms with Gasteiger partial charge in [0.25, 0.3) is 5.91 Å². The molecular formula is C20H19N3O4S. The number of anilines is 1. The van der Waals surface area contributed by atoms with Crippen molar-refractivity contribution in [2.75, 3.05) is 18.7 Å². The molecular weight excluding hydrogens is 378 g/mol. The standard InChI is InChI=1S/C20H19N3O4S/c1-11-2-4-13-16(6-11)28-20-18(13)19(21-9-22-20)25-8-17(24)23-12-3-5-14-15(7-12)27-10-26-14/h3,5,7,9,11H,2,4,6,8,10H2,1H3,(H,23,24). The summed E-state index contributed by atoms with van der Waals surface area (Å²) in [7, 11) is 0. The first-order valence-corrected chi connectivity index (χ1v) is 10.1. The highest BCUT2D eigenvalue weighted by molar-refractivity contribution is 7.18. The van der Waals surface area contributed by atoms with Gasteiger partial charge in [0.05, 0.1) is 5.39 Å². The number of ether oxygens (including phenoxy) is 3. The topological polar surface area (TPSA) is 82.6 Å². The van der Waals surface area contributed by atoms with Crippen LogP contribution < -0.4 is 19.5 Å². The minimum absolute atomic E-state index is 0.123. The molecule has 1 aromatic carbocycles. The molecule has 0 saturated carbocycles. The van der Waals surface area contributed by atoms with Crippen molar-refractivity contribution < 1.29 is 19.0 Å². The number of carbonyl (C=O) groups is 1. The van der Waals surface area contributed by atoms with Gasteiger partial charge in [-0.25, -0.2) is 9.97 Å². The molecule has 8 heteroatoms. The van der Waals surface area contributed by atoms with Gasteiger partial charge in [-0.1, -0.05) is 6.92 Å². The molecule has 7 nitrogen and oxygen atoms in total. The molecule has 1 unspecified atom stereocenters. The molecule has 1 aliphatic heterocycles. The van der Waals surface area contributed by atoms with E-state index in [0.717, 1.165) is 29.5 Å². The Morgan fingerprint density at radius 3 is 3.14 bits per heavy atom. The zero-order chi connectivity index (χ0) is 19.1. The van der Waals surface area contributed by atoms with E-state index in [4.69, 9.17) is 14.2 Å². The maximum atomic E-state index is 12.3. The van der Waals surface area contributed by atoms with E-state index < -0.39 is 0 Å². The van der Waals surface area contributed by atoms with E-state index in [1.54, 1.807) is 29.5 Å². The van der Waals surface area contributed by atoms with Gasteiger partial charge in [-0.15, -0.1) is 11.3 Å². The lowest BCUT2D eigenvalue weighted by atomic mass is 9.89. The van der Waals surface area contributed by atoms with Crippen LogP contribution in [0.2, 0.25) is 0 Å². The van der Waals surface area contributed by atoms with Crippen molar-refractivity contribution in [3.8, 4) is 17.4 Å². The monoisotopic (exact) mass is 397 g/mol. The van der Waals surface area contributed by atoms with Crippen molar-refractivity contribution in [1.82, 2.24) is 9.97 Å². The number of thiophene rings is 1. The fraction of sp³-hybridized carbons (Fsp3) is 0.350. The van der Waals surface area contributed by atoms with Crippen LogP contribution in [-0.2, 0) is 17.6 Å². The Morgan fingerprint density at radius 1 is 1.32 bits per heavy atom. The Bertz CT molecular complexity index is 1070. The number of amides is 1. The summed E-state index contributed by atoms with van der Waals surface area (Å²) < 4.78 is 16.4. The molecule has 144 valence electrons. The number of hydrogen-bond acceptors (Lipinski definition) is 7. The zero-order valence-corrected chi connectivity index (χ0v) is 16.2. The highest BCUT2D eigenvalue weighted by Crippen LogP contribution is 2.40. The molecule has 0 bridgehead atoms. The van der Waals surface area contributed by atoms with E-state index in [0.29, 0.717) is 29.0 Å². The third-order valence-corrected chi connectivity index (χ3v) is 6.22. The first-order chi connectivity index (χ1) is 13.7. The number of fused-ring (bicyclic) bond motifs is 4. The van der Waals surface area contributed by atoms with Crippen molar-refractivity contribution in [3.63, 3.8) is 0 Å². The van der Waals surface area contributed by atoms with Gasteiger partial charge in [-0.2, -0.15) is 0 Å². The number of benzene rings is 1. The van der Waals surface area contributed by atoms with Crippen LogP contribution in [0.5, 0.6) is 17.4 Å². The molecule has 1 N–H and O–H groups in total. The Balaban J connectivity index is 1.31. The molecule has 2 aliphatic rings. The van der Waals surface area contributed by atoms with Gasteiger partial charge in [0.15, 0.2) is 18.1 Å². The number of aromatic nitrogens is 2. The van der Waals surface area contributed by atoms with Crippen LogP contribution in [0, 0.1) is 5.92 Å². The smallest absolute Gasteiger partial charge is 0.262 e. The molecule has 1 amide bonds. The van der Waals surface area contributed by atoms with Crippen LogP contribution in [-0.4, -0.2) is 29.3 Å².